The maximum Gasteiger partial charge on any atom is 0.348 e. The molecule has 1 fully saturated rings. The normalized spacial score (nSPS) is 15.3. The van der Waals surface area contributed by atoms with Crippen LogP contribution in [0, 0.1) is 0 Å². The lowest BCUT2D eigenvalue weighted by Gasteiger charge is -2.34. The number of nitrogens with zero attached hydrogens (tertiary/aromatic N) is 1. The zero-order chi connectivity index (χ0) is 24.0. The zero-order valence-electron chi connectivity index (χ0n) is 17.9. The minimum absolute atomic E-state index is 0.128. The van der Waals surface area contributed by atoms with Crippen LogP contribution in [0.5, 0.6) is 0 Å². The standard InChI is InChI=1S/C23H20Cl2N2O3S.CH3I/c24-15-8-9-17(18(25)11-15)22(28)27(16-7-4-10-26-13-16)19-12-20(31-21(19)23(29)30)14-5-2-1-3-6-14;1-2/h1-3,5-6,8-9,11-12,16,26H,4,7,10,13H2,(H,29,30);1H3. The molecule has 5 nitrogen and oxygen atoms in total. The average molecular weight is 617 g/mol. The van der Waals surface area contributed by atoms with Gasteiger partial charge >= 0.3 is 5.97 Å². The number of aromatic carboxylic acids is 1. The lowest BCUT2D eigenvalue weighted by molar-refractivity contribution is 0.0703. The third-order valence-corrected chi connectivity index (χ3v) is 6.95. The molecule has 1 amide bonds. The maximum atomic E-state index is 13.7. The summed E-state index contributed by atoms with van der Waals surface area (Å²) in [6, 6.07) is 15.9. The van der Waals surface area contributed by atoms with Crippen LogP contribution in [0.2, 0.25) is 10.0 Å². The largest absolute Gasteiger partial charge is 0.477 e. The molecule has 1 saturated heterocycles. The Bertz CT molecular complexity index is 1120. The van der Waals surface area contributed by atoms with Crippen molar-refractivity contribution < 1.29 is 14.7 Å². The van der Waals surface area contributed by atoms with Gasteiger partial charge in [-0.25, -0.2) is 4.79 Å². The Morgan fingerprint density at radius 3 is 2.45 bits per heavy atom. The highest BCUT2D eigenvalue weighted by atomic mass is 127. The quantitative estimate of drug-likeness (QED) is 0.242. The number of piperidine rings is 1. The van der Waals surface area contributed by atoms with Crippen LogP contribution < -0.4 is 10.2 Å². The molecule has 3 aromatic rings. The van der Waals surface area contributed by atoms with Gasteiger partial charge in [0.1, 0.15) is 4.88 Å². The zero-order valence-corrected chi connectivity index (χ0v) is 22.3. The van der Waals surface area contributed by atoms with E-state index in [1.54, 1.807) is 23.1 Å². The Morgan fingerprint density at radius 2 is 1.85 bits per heavy atom. The molecule has 2 aromatic carbocycles. The van der Waals surface area contributed by atoms with Gasteiger partial charge in [-0.3, -0.25) is 4.79 Å². The van der Waals surface area contributed by atoms with E-state index in [2.05, 4.69) is 27.9 Å². The molecule has 0 aliphatic carbocycles. The van der Waals surface area contributed by atoms with Crippen molar-refractivity contribution in [2.75, 3.05) is 22.9 Å². The molecule has 2 heterocycles. The molecule has 0 spiro atoms. The summed E-state index contributed by atoms with van der Waals surface area (Å²) in [6.45, 7) is 1.44. The van der Waals surface area contributed by atoms with Crippen molar-refractivity contribution in [1.29, 1.82) is 0 Å². The summed E-state index contributed by atoms with van der Waals surface area (Å²) >= 11 is 15.7. The molecule has 0 radical (unpaired) electrons. The lowest BCUT2D eigenvalue weighted by atomic mass is 10.0. The second-order valence-electron chi connectivity index (χ2n) is 7.30. The summed E-state index contributed by atoms with van der Waals surface area (Å²) in [5.41, 5.74) is 1.58. The van der Waals surface area contributed by atoms with Crippen molar-refractivity contribution in [3.63, 3.8) is 0 Å². The highest BCUT2D eigenvalue weighted by Gasteiger charge is 2.33. The van der Waals surface area contributed by atoms with Crippen LogP contribution in [0.3, 0.4) is 0 Å². The van der Waals surface area contributed by atoms with Gasteiger partial charge in [0.2, 0.25) is 0 Å². The molecule has 1 atom stereocenters. The van der Waals surface area contributed by atoms with E-state index >= 15 is 0 Å². The van der Waals surface area contributed by atoms with Gasteiger partial charge in [0.25, 0.3) is 5.91 Å². The number of amides is 1. The van der Waals surface area contributed by atoms with Gasteiger partial charge in [-0.05, 0) is 54.1 Å². The third kappa shape index (κ3) is 6.08. The van der Waals surface area contributed by atoms with Crippen molar-refractivity contribution in [3.05, 3.63) is 75.1 Å². The number of rotatable bonds is 5. The molecule has 1 aliphatic rings. The number of alkyl halides is 1. The van der Waals surface area contributed by atoms with Crippen LogP contribution in [0.15, 0.2) is 54.6 Å². The van der Waals surface area contributed by atoms with E-state index in [0.717, 1.165) is 41.2 Å². The van der Waals surface area contributed by atoms with E-state index in [0.29, 0.717) is 22.8 Å². The van der Waals surface area contributed by atoms with Crippen LogP contribution in [0.1, 0.15) is 32.9 Å². The monoisotopic (exact) mass is 616 g/mol. The second kappa shape index (κ2) is 12.2. The van der Waals surface area contributed by atoms with E-state index in [1.165, 1.54) is 6.07 Å². The Balaban J connectivity index is 0.00000149. The molecule has 4 rings (SSSR count). The number of anilines is 1. The van der Waals surface area contributed by atoms with Gasteiger partial charge in [0, 0.05) is 22.5 Å². The first-order valence-corrected chi connectivity index (χ1v) is 14.0. The fourth-order valence-electron chi connectivity index (χ4n) is 3.78. The number of hydrogen-bond donors (Lipinski definition) is 2. The molecule has 1 unspecified atom stereocenters. The number of benzene rings is 2. The molecule has 1 aliphatic heterocycles. The first kappa shape index (κ1) is 26.0. The van der Waals surface area contributed by atoms with Crippen LogP contribution >= 0.6 is 57.1 Å². The molecule has 0 saturated carbocycles. The van der Waals surface area contributed by atoms with Crippen LogP contribution in [-0.2, 0) is 0 Å². The highest BCUT2D eigenvalue weighted by Crippen LogP contribution is 2.39. The van der Waals surface area contributed by atoms with E-state index in [9.17, 15) is 14.7 Å². The highest BCUT2D eigenvalue weighted by molar-refractivity contribution is 14.1. The van der Waals surface area contributed by atoms with Crippen LogP contribution in [0.25, 0.3) is 10.4 Å². The molecular weight excluding hydrogens is 594 g/mol. The molecule has 33 heavy (non-hydrogen) atoms. The van der Waals surface area contributed by atoms with Gasteiger partial charge in [0.05, 0.1) is 16.3 Å². The van der Waals surface area contributed by atoms with Crippen molar-refractivity contribution >= 4 is 74.7 Å². The molecule has 9 heteroatoms. The summed E-state index contributed by atoms with van der Waals surface area (Å²) < 4.78 is 0. The summed E-state index contributed by atoms with van der Waals surface area (Å²) in [4.78, 5) is 30.3. The third-order valence-electron chi connectivity index (χ3n) is 5.24. The average Bonchev–Trinajstić information content (AvgIpc) is 3.27. The van der Waals surface area contributed by atoms with Crippen molar-refractivity contribution in [1.82, 2.24) is 5.32 Å². The number of nitrogens with one attached hydrogen (secondary N) is 1. The predicted molar refractivity (Wildman–Crippen MR) is 146 cm³/mol. The number of carbonyl (C=O) groups is 2. The van der Waals surface area contributed by atoms with Crippen molar-refractivity contribution in [3.8, 4) is 10.4 Å². The summed E-state index contributed by atoms with van der Waals surface area (Å²) in [6.07, 6.45) is 1.65. The number of halogens is 3. The Kier molecular flexibility index (Phi) is 9.57. The van der Waals surface area contributed by atoms with Crippen LogP contribution in [0.4, 0.5) is 5.69 Å². The van der Waals surface area contributed by atoms with Gasteiger partial charge in [-0.2, -0.15) is 0 Å². The van der Waals surface area contributed by atoms with Gasteiger partial charge in [-0.1, -0.05) is 76.1 Å². The SMILES string of the molecule is CI.O=C(O)c1sc(-c2ccccc2)cc1N(C(=O)c1ccc(Cl)cc1Cl)C1CCCNC1. The minimum atomic E-state index is -1.06. The smallest absolute Gasteiger partial charge is 0.348 e. The van der Waals surface area contributed by atoms with Crippen LogP contribution in [-0.4, -0.2) is 41.0 Å². The molecule has 174 valence electrons. The lowest BCUT2D eigenvalue weighted by Crippen LogP contribution is -2.49. The Morgan fingerprint density at radius 1 is 1.12 bits per heavy atom. The number of carboxylic acids is 1. The fourth-order valence-corrected chi connectivity index (χ4v) is 5.26. The molecule has 1 aromatic heterocycles. The second-order valence-corrected chi connectivity index (χ2v) is 9.19. The predicted octanol–water partition coefficient (Wildman–Crippen LogP) is 6.87. The Labute approximate surface area is 220 Å². The molecular formula is C24H23Cl2IN2O3S. The van der Waals surface area contributed by atoms with Gasteiger partial charge in [0.15, 0.2) is 0 Å². The number of thiophene rings is 1. The maximum absolute atomic E-state index is 13.7. The van der Waals surface area contributed by atoms with E-state index in [1.807, 2.05) is 35.3 Å². The van der Waals surface area contributed by atoms with E-state index < -0.39 is 5.97 Å². The number of hydrogen-bond acceptors (Lipinski definition) is 4. The summed E-state index contributed by atoms with van der Waals surface area (Å²) in [7, 11) is 0. The number of carbonyl (C=O) groups excluding carboxylic acids is 1. The van der Waals surface area contributed by atoms with Gasteiger partial charge in [-0.15, -0.1) is 11.3 Å². The minimum Gasteiger partial charge on any atom is -0.477 e. The molecule has 2 N–H and O–H groups in total. The van der Waals surface area contributed by atoms with Crippen molar-refractivity contribution in [2.24, 2.45) is 0 Å². The number of carboxylic acid groups (broad SMARTS) is 1. The van der Waals surface area contributed by atoms with E-state index in [-0.39, 0.29) is 21.8 Å². The molecule has 0 bridgehead atoms. The van der Waals surface area contributed by atoms with E-state index in [4.69, 9.17) is 23.2 Å². The topological polar surface area (TPSA) is 69.6 Å². The first-order chi connectivity index (χ1) is 16.0. The Hall–Kier alpha value is -1.65. The fraction of sp³-hybridized carbons (Fsp3) is 0.250. The van der Waals surface area contributed by atoms with Gasteiger partial charge < -0.3 is 15.3 Å². The van der Waals surface area contributed by atoms with Crippen molar-refractivity contribution in [2.45, 2.75) is 18.9 Å². The summed E-state index contributed by atoms with van der Waals surface area (Å²) in [5.74, 6) is -1.40. The first-order valence-electron chi connectivity index (χ1n) is 10.3. The summed E-state index contributed by atoms with van der Waals surface area (Å²) in [5, 5.41) is 13.9.